The molecule has 0 N–H and O–H groups in total. The van der Waals surface area contributed by atoms with Gasteiger partial charge in [-0.3, -0.25) is 4.90 Å². The van der Waals surface area contributed by atoms with Crippen molar-refractivity contribution in [2.24, 2.45) is 0 Å². The Bertz CT molecular complexity index is 1060. The molecule has 1 heterocycles. The first-order chi connectivity index (χ1) is 14.6. The molecule has 168 valence electrons. The van der Waals surface area contributed by atoms with E-state index in [0.717, 1.165) is 37.1 Å². The highest BCUT2D eigenvalue weighted by molar-refractivity contribution is 7.90. The topological polar surface area (TPSA) is 49.9 Å². The Hall–Kier alpha value is -1.31. The van der Waals surface area contributed by atoms with Crippen LogP contribution in [0.2, 0.25) is 10.0 Å². The smallest absolute Gasteiger partial charge is 0.175 e. The number of rotatable bonds is 5. The maximum Gasteiger partial charge on any atom is 0.175 e. The third-order valence-corrected chi connectivity index (χ3v) is 8.09. The van der Waals surface area contributed by atoms with Gasteiger partial charge in [0.2, 0.25) is 0 Å². The molecule has 2 aromatic carbocycles. The molecule has 2 aromatic rings. The molecule has 0 unspecified atom stereocenters. The lowest BCUT2D eigenvalue weighted by molar-refractivity contribution is 0.0380. The van der Waals surface area contributed by atoms with E-state index in [1.54, 1.807) is 30.3 Å². The standard InChI is InChI=1S/C23H28Cl2N2O3S/c1-26(2)16-5-4-10-27(14-16)22-13-19-20(11-15(24)12-21(19)25)23(22)30-17-6-8-18(9-7-17)31(3,28)29/h6-9,11-12,16,22-23H,4-5,10,13-14H2,1-3H3/t16-,22+,23-/m1/s1. The molecule has 1 aliphatic heterocycles. The van der Waals surface area contributed by atoms with E-state index in [9.17, 15) is 8.42 Å². The SMILES string of the molecule is CN(C)[C@@H]1CCCN([C@H]2Cc3c(Cl)cc(Cl)cc3[C@H]2Oc2ccc(S(C)(=O)=O)cc2)C1. The summed E-state index contributed by atoms with van der Waals surface area (Å²) in [5.74, 6) is 0.632. The molecule has 2 aliphatic rings. The van der Waals surface area contributed by atoms with E-state index in [4.69, 9.17) is 27.9 Å². The molecule has 3 atom stereocenters. The van der Waals surface area contributed by atoms with Gasteiger partial charge in [0, 0.05) is 34.5 Å². The number of halogens is 2. The number of likely N-dealkylation sites (tertiary alicyclic amines) is 1. The van der Waals surface area contributed by atoms with E-state index in [1.807, 2.05) is 6.07 Å². The minimum absolute atomic E-state index is 0.142. The third kappa shape index (κ3) is 4.88. The molecule has 0 aromatic heterocycles. The molecule has 4 rings (SSSR count). The molecule has 1 saturated heterocycles. The second-order valence-electron chi connectivity index (χ2n) is 8.76. The van der Waals surface area contributed by atoms with Gasteiger partial charge < -0.3 is 9.64 Å². The van der Waals surface area contributed by atoms with E-state index in [-0.39, 0.29) is 17.0 Å². The van der Waals surface area contributed by atoms with Gasteiger partial charge in [0.05, 0.1) is 10.9 Å². The van der Waals surface area contributed by atoms with Crippen molar-refractivity contribution in [3.05, 3.63) is 57.6 Å². The molecular formula is C23H28Cl2N2O3S. The van der Waals surface area contributed by atoms with Gasteiger partial charge in [-0.2, -0.15) is 0 Å². The average molecular weight is 483 g/mol. The Labute approximate surface area is 194 Å². The number of hydrogen-bond donors (Lipinski definition) is 0. The lowest BCUT2D eigenvalue weighted by atomic mass is 10.0. The van der Waals surface area contributed by atoms with Crippen LogP contribution in [-0.4, -0.2) is 63.7 Å². The fourth-order valence-corrected chi connectivity index (χ4v) is 5.91. The number of fused-ring (bicyclic) bond motifs is 1. The number of benzene rings is 2. The van der Waals surface area contributed by atoms with E-state index >= 15 is 0 Å². The van der Waals surface area contributed by atoms with Gasteiger partial charge in [0.15, 0.2) is 9.84 Å². The molecule has 8 heteroatoms. The van der Waals surface area contributed by atoms with Crippen LogP contribution >= 0.6 is 23.2 Å². The summed E-state index contributed by atoms with van der Waals surface area (Å²) in [6, 6.07) is 11.0. The highest BCUT2D eigenvalue weighted by Gasteiger charge is 2.41. The van der Waals surface area contributed by atoms with Crippen LogP contribution < -0.4 is 4.74 Å². The Morgan fingerprint density at radius 3 is 2.48 bits per heavy atom. The fourth-order valence-electron chi connectivity index (χ4n) is 4.70. The largest absolute Gasteiger partial charge is 0.484 e. The van der Waals surface area contributed by atoms with Gasteiger partial charge in [-0.15, -0.1) is 0 Å². The monoisotopic (exact) mass is 482 g/mol. The van der Waals surface area contributed by atoms with Crippen LogP contribution in [0.4, 0.5) is 0 Å². The second kappa shape index (κ2) is 8.91. The molecule has 31 heavy (non-hydrogen) atoms. The number of hydrogen-bond acceptors (Lipinski definition) is 5. The maximum atomic E-state index is 11.8. The van der Waals surface area contributed by atoms with E-state index in [2.05, 4.69) is 23.9 Å². The lowest BCUT2D eigenvalue weighted by Crippen LogP contribution is -2.51. The average Bonchev–Trinajstić information content (AvgIpc) is 3.06. The van der Waals surface area contributed by atoms with E-state index < -0.39 is 9.84 Å². The van der Waals surface area contributed by atoms with Gasteiger partial charge >= 0.3 is 0 Å². The quantitative estimate of drug-likeness (QED) is 0.628. The molecule has 0 spiro atoms. The van der Waals surface area contributed by atoms with Crippen molar-refractivity contribution < 1.29 is 13.2 Å². The van der Waals surface area contributed by atoms with Gasteiger partial charge in [0.25, 0.3) is 0 Å². The normalized spacial score (nSPS) is 24.4. The third-order valence-electron chi connectivity index (χ3n) is 6.41. The molecule has 0 bridgehead atoms. The van der Waals surface area contributed by atoms with Crippen LogP contribution in [0, 0.1) is 0 Å². The summed E-state index contributed by atoms with van der Waals surface area (Å²) in [4.78, 5) is 5.07. The molecule has 1 fully saturated rings. The highest BCUT2D eigenvalue weighted by Crippen LogP contribution is 2.43. The Morgan fingerprint density at radius 1 is 1.13 bits per heavy atom. The zero-order valence-electron chi connectivity index (χ0n) is 18.0. The maximum absolute atomic E-state index is 11.8. The molecule has 1 aliphatic carbocycles. The van der Waals surface area contributed by atoms with Gasteiger partial charge in [-0.05, 0) is 81.9 Å². The Kier molecular flexibility index (Phi) is 6.57. The number of sulfone groups is 1. The van der Waals surface area contributed by atoms with Crippen molar-refractivity contribution in [1.29, 1.82) is 0 Å². The second-order valence-corrected chi connectivity index (χ2v) is 11.6. The molecule has 0 amide bonds. The van der Waals surface area contributed by atoms with Gasteiger partial charge in [-0.1, -0.05) is 23.2 Å². The van der Waals surface area contributed by atoms with E-state index in [1.165, 1.54) is 12.7 Å². The first kappa shape index (κ1) is 22.9. The highest BCUT2D eigenvalue weighted by atomic mass is 35.5. The predicted octanol–water partition coefficient (Wildman–Crippen LogP) is 4.47. The zero-order chi connectivity index (χ0) is 22.3. The Balaban J connectivity index is 1.66. The van der Waals surface area contributed by atoms with Crippen molar-refractivity contribution in [1.82, 2.24) is 9.80 Å². The van der Waals surface area contributed by atoms with Crippen molar-refractivity contribution in [2.45, 2.75) is 42.3 Å². The predicted molar refractivity (Wildman–Crippen MR) is 125 cm³/mol. The molecule has 0 saturated carbocycles. The zero-order valence-corrected chi connectivity index (χ0v) is 20.3. The molecule has 0 radical (unpaired) electrons. The van der Waals surface area contributed by atoms with Crippen molar-refractivity contribution in [3.63, 3.8) is 0 Å². The number of nitrogens with zero attached hydrogens (tertiary/aromatic N) is 2. The minimum Gasteiger partial charge on any atom is -0.484 e. The number of piperidine rings is 1. The van der Waals surface area contributed by atoms with Crippen LogP contribution in [0.1, 0.15) is 30.1 Å². The summed E-state index contributed by atoms with van der Waals surface area (Å²) >= 11 is 12.9. The van der Waals surface area contributed by atoms with Crippen LogP contribution in [0.25, 0.3) is 0 Å². The van der Waals surface area contributed by atoms with Crippen LogP contribution in [-0.2, 0) is 16.3 Å². The summed E-state index contributed by atoms with van der Waals surface area (Å²) in [5, 5.41) is 1.27. The summed E-state index contributed by atoms with van der Waals surface area (Å²) in [6.45, 7) is 1.99. The van der Waals surface area contributed by atoms with Crippen LogP contribution in [0.3, 0.4) is 0 Å². The van der Waals surface area contributed by atoms with Gasteiger partial charge in [-0.25, -0.2) is 8.42 Å². The molecular weight excluding hydrogens is 455 g/mol. The summed E-state index contributed by atoms with van der Waals surface area (Å²) in [7, 11) is 1.01. The Morgan fingerprint density at radius 2 is 1.84 bits per heavy atom. The lowest BCUT2D eigenvalue weighted by Gasteiger charge is -2.41. The number of ether oxygens (including phenoxy) is 1. The van der Waals surface area contributed by atoms with Crippen LogP contribution in [0.5, 0.6) is 5.75 Å². The first-order valence-corrected chi connectivity index (χ1v) is 13.1. The summed E-state index contributed by atoms with van der Waals surface area (Å²) in [6.07, 6.45) is 4.11. The number of likely N-dealkylation sites (N-methyl/N-ethyl adjacent to an activating group) is 1. The van der Waals surface area contributed by atoms with Crippen molar-refractivity contribution in [2.75, 3.05) is 33.4 Å². The summed E-state index contributed by atoms with van der Waals surface area (Å²) in [5.41, 5.74) is 2.10. The van der Waals surface area contributed by atoms with E-state index in [0.29, 0.717) is 21.8 Å². The van der Waals surface area contributed by atoms with Crippen LogP contribution in [0.15, 0.2) is 41.3 Å². The van der Waals surface area contributed by atoms with Crippen molar-refractivity contribution >= 4 is 33.0 Å². The molecule has 5 nitrogen and oxygen atoms in total. The summed E-state index contributed by atoms with van der Waals surface area (Å²) < 4.78 is 30.1. The fraction of sp³-hybridized carbons (Fsp3) is 0.478. The first-order valence-electron chi connectivity index (χ1n) is 10.5. The van der Waals surface area contributed by atoms with Gasteiger partial charge in [0.1, 0.15) is 11.9 Å². The van der Waals surface area contributed by atoms with Crippen molar-refractivity contribution in [3.8, 4) is 5.75 Å². The minimum atomic E-state index is -3.25.